The van der Waals surface area contributed by atoms with E-state index in [1.165, 1.54) is 6.07 Å². The highest BCUT2D eigenvalue weighted by atomic mass is 19.1. The lowest BCUT2D eigenvalue weighted by Crippen LogP contribution is -2.33. The number of pyridine rings is 1. The molecule has 3 rings (SSSR count). The van der Waals surface area contributed by atoms with Crippen LogP contribution in [0.1, 0.15) is 22.7 Å². The third-order valence-corrected chi connectivity index (χ3v) is 3.63. The lowest BCUT2D eigenvalue weighted by atomic mass is 9.94. The summed E-state index contributed by atoms with van der Waals surface area (Å²) in [6, 6.07) is 3.90. The fourth-order valence-corrected chi connectivity index (χ4v) is 2.56. The summed E-state index contributed by atoms with van der Waals surface area (Å²) < 4.78 is 28.5. The molecule has 2 aromatic rings. The Morgan fingerprint density at radius 2 is 1.84 bits per heavy atom. The Morgan fingerprint density at radius 3 is 2.44 bits per heavy atom. The summed E-state index contributed by atoms with van der Waals surface area (Å²) in [6.45, 7) is 0. The van der Waals surface area contributed by atoms with Gasteiger partial charge in [0.15, 0.2) is 6.19 Å². The van der Waals surface area contributed by atoms with Crippen molar-refractivity contribution in [2.75, 3.05) is 16.8 Å². The van der Waals surface area contributed by atoms with E-state index in [4.69, 9.17) is 16.7 Å². The molecule has 0 radical (unpaired) electrons. The molecule has 0 bridgehead atoms. The third-order valence-electron chi connectivity index (χ3n) is 3.63. The zero-order valence-corrected chi connectivity index (χ0v) is 12.5. The Labute approximate surface area is 140 Å². The molecular formula is C15H10F2N8. The van der Waals surface area contributed by atoms with Gasteiger partial charge in [-0.3, -0.25) is 5.32 Å². The molecule has 0 spiro atoms. The first-order valence-electron chi connectivity index (χ1n) is 6.90. The first kappa shape index (κ1) is 16.0. The van der Waals surface area contributed by atoms with E-state index in [9.17, 15) is 14.0 Å². The van der Waals surface area contributed by atoms with Gasteiger partial charge in [0.05, 0.1) is 11.3 Å². The number of nitrogens with two attached hydrogens (primary N) is 2. The normalized spacial score (nSPS) is 15.2. The van der Waals surface area contributed by atoms with Crippen LogP contribution in [0.25, 0.3) is 0 Å². The second-order valence-corrected chi connectivity index (χ2v) is 5.04. The smallest absolute Gasteiger partial charge is 0.211 e. The van der Waals surface area contributed by atoms with Crippen LogP contribution >= 0.6 is 0 Å². The standard InChI is InChI=1S/C15H10F2N8/c16-7-2-1-3-8(17)9(7)12-10-11(20)6(4-18)13(21)24-14(10)25-15(23-12)22-5-19/h1-3,12H,(H6,20,21,22,23,24,25). The van der Waals surface area contributed by atoms with Crippen molar-refractivity contribution in [2.24, 2.45) is 4.99 Å². The predicted octanol–water partition coefficient (Wildman–Crippen LogP) is 1.34. The van der Waals surface area contributed by atoms with Gasteiger partial charge in [0.1, 0.15) is 40.9 Å². The predicted molar refractivity (Wildman–Crippen MR) is 85.8 cm³/mol. The number of nitrogen functional groups attached to an aromatic ring is 2. The molecule has 1 unspecified atom stereocenters. The van der Waals surface area contributed by atoms with Gasteiger partial charge < -0.3 is 16.8 Å². The van der Waals surface area contributed by atoms with Crippen molar-refractivity contribution in [3.63, 3.8) is 0 Å². The van der Waals surface area contributed by atoms with E-state index >= 15 is 0 Å². The highest BCUT2D eigenvalue weighted by molar-refractivity contribution is 5.98. The first-order valence-corrected chi connectivity index (χ1v) is 6.90. The van der Waals surface area contributed by atoms with Crippen LogP contribution in [0.4, 0.5) is 26.1 Å². The van der Waals surface area contributed by atoms with Crippen molar-refractivity contribution in [3.05, 3.63) is 46.5 Å². The SMILES string of the molecule is N#CNC1=NC(c2c(F)cccc2F)c2c(nc(N)c(C#N)c2N)N1. The third kappa shape index (κ3) is 2.52. The van der Waals surface area contributed by atoms with Crippen LogP contribution in [-0.4, -0.2) is 10.9 Å². The maximum atomic E-state index is 14.3. The van der Waals surface area contributed by atoms with Gasteiger partial charge in [0.2, 0.25) is 5.96 Å². The Morgan fingerprint density at radius 1 is 1.16 bits per heavy atom. The molecule has 1 aromatic heterocycles. The van der Waals surface area contributed by atoms with Crippen LogP contribution in [0.5, 0.6) is 0 Å². The number of rotatable bonds is 1. The molecule has 1 aliphatic rings. The van der Waals surface area contributed by atoms with Crippen molar-refractivity contribution >= 4 is 23.3 Å². The molecule has 10 heteroatoms. The van der Waals surface area contributed by atoms with Crippen LogP contribution < -0.4 is 22.1 Å². The van der Waals surface area contributed by atoms with E-state index in [0.29, 0.717) is 0 Å². The van der Waals surface area contributed by atoms with E-state index < -0.39 is 17.7 Å². The molecule has 0 saturated heterocycles. The number of nitriles is 2. The van der Waals surface area contributed by atoms with Gasteiger partial charge in [0, 0.05) is 5.56 Å². The van der Waals surface area contributed by atoms with Crippen LogP contribution in [-0.2, 0) is 0 Å². The largest absolute Gasteiger partial charge is 0.397 e. The van der Waals surface area contributed by atoms with Crippen LogP contribution in [0.2, 0.25) is 0 Å². The van der Waals surface area contributed by atoms with Gasteiger partial charge in [-0.05, 0) is 12.1 Å². The maximum Gasteiger partial charge on any atom is 0.211 e. The van der Waals surface area contributed by atoms with Crippen LogP contribution in [0, 0.1) is 34.4 Å². The van der Waals surface area contributed by atoms with E-state index in [1.807, 2.05) is 6.07 Å². The summed E-state index contributed by atoms with van der Waals surface area (Å²) in [5.74, 6) is -1.90. The molecule has 2 heterocycles. The number of guanidine groups is 1. The van der Waals surface area contributed by atoms with E-state index in [1.54, 1.807) is 6.19 Å². The van der Waals surface area contributed by atoms with E-state index in [2.05, 4.69) is 20.6 Å². The van der Waals surface area contributed by atoms with Gasteiger partial charge in [-0.15, -0.1) is 0 Å². The van der Waals surface area contributed by atoms with Crippen LogP contribution in [0.15, 0.2) is 23.2 Å². The van der Waals surface area contributed by atoms with Gasteiger partial charge in [-0.25, -0.2) is 18.8 Å². The highest BCUT2D eigenvalue weighted by Gasteiger charge is 2.32. The summed E-state index contributed by atoms with van der Waals surface area (Å²) in [5.41, 5.74) is 11.2. The molecule has 0 saturated carbocycles. The molecule has 1 atom stereocenters. The van der Waals surface area contributed by atoms with E-state index in [0.717, 1.165) is 12.1 Å². The number of anilines is 3. The zero-order valence-electron chi connectivity index (χ0n) is 12.5. The Bertz CT molecular complexity index is 966. The van der Waals surface area contributed by atoms with Crippen molar-refractivity contribution < 1.29 is 8.78 Å². The number of benzene rings is 1. The Hall–Kier alpha value is -3.92. The first-order chi connectivity index (χ1) is 12.0. The van der Waals surface area contributed by atoms with Gasteiger partial charge in [0.25, 0.3) is 0 Å². The Balaban J connectivity index is 2.32. The van der Waals surface area contributed by atoms with Crippen molar-refractivity contribution in [2.45, 2.75) is 6.04 Å². The zero-order chi connectivity index (χ0) is 18.1. The average molecular weight is 340 g/mol. The molecule has 8 nitrogen and oxygen atoms in total. The molecule has 0 fully saturated rings. The van der Waals surface area contributed by atoms with Crippen molar-refractivity contribution in [1.82, 2.24) is 10.3 Å². The summed E-state index contributed by atoms with van der Waals surface area (Å²) in [5, 5.41) is 22.9. The quantitative estimate of drug-likeness (QED) is 0.452. The number of halogens is 2. The summed E-state index contributed by atoms with van der Waals surface area (Å²) in [7, 11) is 0. The summed E-state index contributed by atoms with van der Waals surface area (Å²) in [6.07, 6.45) is 1.65. The molecule has 0 amide bonds. The summed E-state index contributed by atoms with van der Waals surface area (Å²) >= 11 is 0. The van der Waals surface area contributed by atoms with Crippen LogP contribution in [0.3, 0.4) is 0 Å². The number of nitrogens with one attached hydrogen (secondary N) is 2. The lowest BCUT2D eigenvalue weighted by Gasteiger charge is -2.26. The molecule has 6 N–H and O–H groups in total. The lowest BCUT2D eigenvalue weighted by molar-refractivity contribution is 0.543. The number of fused-ring (bicyclic) bond motifs is 1. The fourth-order valence-electron chi connectivity index (χ4n) is 2.56. The van der Waals surface area contributed by atoms with Gasteiger partial charge >= 0.3 is 0 Å². The molecule has 124 valence electrons. The second kappa shape index (κ2) is 5.94. The number of aliphatic imine (C=N–C) groups is 1. The van der Waals surface area contributed by atoms with Gasteiger partial charge in [-0.2, -0.15) is 10.5 Å². The minimum Gasteiger partial charge on any atom is -0.397 e. The monoisotopic (exact) mass is 340 g/mol. The molecule has 1 aromatic carbocycles. The van der Waals surface area contributed by atoms with E-state index in [-0.39, 0.29) is 40.0 Å². The Kier molecular flexibility index (Phi) is 3.79. The number of aromatic nitrogens is 1. The maximum absolute atomic E-state index is 14.3. The fraction of sp³-hybridized carbons (Fsp3) is 0.0667. The molecular weight excluding hydrogens is 330 g/mol. The number of hydrogen-bond donors (Lipinski definition) is 4. The van der Waals surface area contributed by atoms with Crippen molar-refractivity contribution in [1.29, 1.82) is 10.5 Å². The minimum absolute atomic E-state index is 0.0504. The highest BCUT2D eigenvalue weighted by Crippen LogP contribution is 2.41. The molecule has 25 heavy (non-hydrogen) atoms. The number of nitrogens with zero attached hydrogens (tertiary/aromatic N) is 4. The average Bonchev–Trinajstić information content (AvgIpc) is 2.54. The summed E-state index contributed by atoms with van der Waals surface area (Å²) in [4.78, 5) is 8.09. The molecule has 0 aliphatic carbocycles. The topological polar surface area (TPSA) is 149 Å². The second-order valence-electron chi connectivity index (χ2n) is 5.04. The van der Waals surface area contributed by atoms with Crippen molar-refractivity contribution in [3.8, 4) is 12.3 Å². The number of hydrogen-bond acceptors (Lipinski definition) is 8. The molecule has 1 aliphatic heterocycles. The van der Waals surface area contributed by atoms with Gasteiger partial charge in [-0.1, -0.05) is 6.07 Å². The minimum atomic E-state index is -1.26.